The summed E-state index contributed by atoms with van der Waals surface area (Å²) >= 11 is 0. The van der Waals surface area contributed by atoms with Gasteiger partial charge in [-0.1, -0.05) is 18.2 Å². The Bertz CT molecular complexity index is 1130. The van der Waals surface area contributed by atoms with Crippen LogP contribution >= 0.6 is 0 Å². The number of fused-ring (bicyclic) bond motifs is 1. The van der Waals surface area contributed by atoms with Crippen LogP contribution < -0.4 is 10.0 Å². The molecule has 148 valence electrons. The summed E-state index contributed by atoms with van der Waals surface area (Å²) in [6.45, 7) is 7.24. The molecule has 0 saturated carbocycles. The largest absolute Gasteiger partial charge is 0.325 e. The minimum Gasteiger partial charge on any atom is -0.325 e. The first-order chi connectivity index (χ1) is 13.0. The predicted molar refractivity (Wildman–Crippen MR) is 109 cm³/mol. The molecule has 3 rings (SSSR count). The number of amides is 1. The lowest BCUT2D eigenvalue weighted by molar-refractivity contribution is -0.115. The number of imidazole rings is 1. The molecule has 0 aliphatic rings. The van der Waals surface area contributed by atoms with E-state index in [9.17, 15) is 13.2 Å². The molecule has 0 fully saturated rings. The first-order valence-electron chi connectivity index (χ1n) is 8.91. The highest BCUT2D eigenvalue weighted by atomic mass is 32.2. The van der Waals surface area contributed by atoms with Crippen LogP contribution in [0.2, 0.25) is 0 Å². The van der Waals surface area contributed by atoms with Crippen molar-refractivity contribution in [3.63, 3.8) is 0 Å². The van der Waals surface area contributed by atoms with Crippen molar-refractivity contribution >= 4 is 27.3 Å². The molecule has 1 amide bonds. The number of anilines is 1. The Morgan fingerprint density at radius 3 is 2.54 bits per heavy atom. The van der Waals surface area contributed by atoms with Crippen molar-refractivity contribution in [1.29, 1.82) is 0 Å². The smallest absolute Gasteiger partial charge is 0.243 e. The second-order valence-electron chi connectivity index (χ2n) is 7.73. The average molecular weight is 401 g/mol. The molecule has 0 aliphatic heterocycles. The van der Waals surface area contributed by atoms with E-state index in [2.05, 4.69) is 15.0 Å². The standard InChI is InChI=1S/C20H24N4O3S/c1-14-8-7-11-24-13-15(21-19(14)24)12-18(25)22-16-9-5-6-10-17(16)28(26,27)23-20(2,3)4/h5-11,13,23H,12H2,1-4H3,(H,22,25). The van der Waals surface area contributed by atoms with Crippen LogP contribution in [0.5, 0.6) is 0 Å². The lowest BCUT2D eigenvalue weighted by Crippen LogP contribution is -2.40. The molecular weight excluding hydrogens is 376 g/mol. The third kappa shape index (κ3) is 4.58. The number of carbonyl (C=O) groups is 1. The maximum atomic E-state index is 12.7. The van der Waals surface area contributed by atoms with E-state index in [1.54, 1.807) is 45.2 Å². The highest BCUT2D eigenvalue weighted by Gasteiger charge is 2.25. The van der Waals surface area contributed by atoms with Crippen LogP contribution in [0.15, 0.2) is 53.7 Å². The number of nitrogens with one attached hydrogen (secondary N) is 2. The van der Waals surface area contributed by atoms with Gasteiger partial charge in [0.2, 0.25) is 15.9 Å². The Kier molecular flexibility index (Phi) is 5.27. The van der Waals surface area contributed by atoms with E-state index in [-0.39, 0.29) is 22.9 Å². The fourth-order valence-electron chi connectivity index (χ4n) is 2.91. The van der Waals surface area contributed by atoms with E-state index in [0.717, 1.165) is 11.2 Å². The van der Waals surface area contributed by atoms with Crippen molar-refractivity contribution < 1.29 is 13.2 Å². The van der Waals surface area contributed by atoms with Gasteiger partial charge in [0, 0.05) is 17.9 Å². The molecule has 2 N–H and O–H groups in total. The first-order valence-corrected chi connectivity index (χ1v) is 10.4. The highest BCUT2D eigenvalue weighted by molar-refractivity contribution is 7.89. The summed E-state index contributed by atoms with van der Waals surface area (Å²) in [5.74, 6) is -0.334. The van der Waals surface area contributed by atoms with Crippen molar-refractivity contribution in [2.45, 2.75) is 44.6 Å². The number of hydrogen-bond acceptors (Lipinski definition) is 4. The van der Waals surface area contributed by atoms with Crippen molar-refractivity contribution in [3.8, 4) is 0 Å². The van der Waals surface area contributed by atoms with Gasteiger partial charge in [-0.05, 0) is 51.5 Å². The molecule has 2 heterocycles. The van der Waals surface area contributed by atoms with Gasteiger partial charge in [-0.2, -0.15) is 0 Å². The van der Waals surface area contributed by atoms with Crippen LogP contribution in [0.4, 0.5) is 5.69 Å². The normalized spacial score (nSPS) is 12.3. The zero-order chi connectivity index (χ0) is 20.5. The third-order valence-corrected chi connectivity index (χ3v) is 5.78. The zero-order valence-corrected chi connectivity index (χ0v) is 17.2. The summed E-state index contributed by atoms with van der Waals surface area (Å²) in [5, 5.41) is 2.70. The van der Waals surface area contributed by atoms with Gasteiger partial charge in [0.05, 0.1) is 17.8 Å². The summed E-state index contributed by atoms with van der Waals surface area (Å²) in [6, 6.07) is 10.2. The zero-order valence-electron chi connectivity index (χ0n) is 16.4. The number of rotatable bonds is 5. The Morgan fingerprint density at radius 2 is 1.86 bits per heavy atom. The fourth-order valence-corrected chi connectivity index (χ4v) is 4.49. The third-order valence-electron chi connectivity index (χ3n) is 3.96. The predicted octanol–water partition coefficient (Wildman–Crippen LogP) is 2.90. The van der Waals surface area contributed by atoms with Crippen LogP contribution in [0.3, 0.4) is 0 Å². The highest BCUT2D eigenvalue weighted by Crippen LogP contribution is 2.22. The molecule has 3 aromatic rings. The van der Waals surface area contributed by atoms with E-state index in [1.165, 1.54) is 6.07 Å². The average Bonchev–Trinajstić information content (AvgIpc) is 2.96. The lowest BCUT2D eigenvalue weighted by atomic mass is 10.1. The summed E-state index contributed by atoms with van der Waals surface area (Å²) in [5.41, 5.74) is 2.02. The Morgan fingerprint density at radius 1 is 1.14 bits per heavy atom. The van der Waals surface area contributed by atoms with E-state index < -0.39 is 15.6 Å². The van der Waals surface area contributed by atoms with Crippen LogP contribution in [0.1, 0.15) is 32.0 Å². The van der Waals surface area contributed by atoms with Crippen molar-refractivity contribution in [3.05, 3.63) is 60.0 Å². The SMILES string of the molecule is Cc1cccn2cc(CC(=O)Nc3ccccc3S(=O)(=O)NC(C)(C)C)nc12. The number of benzene rings is 1. The lowest BCUT2D eigenvalue weighted by Gasteiger charge is -2.21. The van der Waals surface area contributed by atoms with E-state index in [4.69, 9.17) is 0 Å². The number of nitrogens with zero attached hydrogens (tertiary/aromatic N) is 2. The molecule has 1 aromatic carbocycles. The second kappa shape index (κ2) is 7.37. The number of aryl methyl sites for hydroxylation is 1. The molecule has 0 atom stereocenters. The molecule has 0 bridgehead atoms. The number of carbonyl (C=O) groups excluding carboxylic acids is 1. The maximum absolute atomic E-state index is 12.7. The molecule has 7 nitrogen and oxygen atoms in total. The molecule has 28 heavy (non-hydrogen) atoms. The van der Waals surface area contributed by atoms with E-state index in [1.807, 2.05) is 29.7 Å². The van der Waals surface area contributed by atoms with Gasteiger partial charge in [-0.3, -0.25) is 4.79 Å². The van der Waals surface area contributed by atoms with Crippen LogP contribution in [0, 0.1) is 6.92 Å². The topological polar surface area (TPSA) is 92.6 Å². The molecule has 0 radical (unpaired) electrons. The minimum absolute atomic E-state index is 0.0316. The number of sulfonamides is 1. The summed E-state index contributed by atoms with van der Waals surface area (Å²) < 4.78 is 29.8. The second-order valence-corrected chi connectivity index (χ2v) is 9.38. The van der Waals surface area contributed by atoms with E-state index >= 15 is 0 Å². The monoisotopic (exact) mass is 400 g/mol. The van der Waals surface area contributed by atoms with Crippen molar-refractivity contribution in [2.24, 2.45) is 0 Å². The maximum Gasteiger partial charge on any atom is 0.243 e. The molecule has 0 aliphatic carbocycles. The summed E-state index contributed by atoms with van der Waals surface area (Å²) in [7, 11) is -3.78. The molecule has 0 spiro atoms. The number of para-hydroxylation sites is 1. The van der Waals surface area contributed by atoms with Crippen LogP contribution in [-0.2, 0) is 21.2 Å². The fraction of sp³-hybridized carbons (Fsp3) is 0.300. The molecule has 0 saturated heterocycles. The molecule has 0 unspecified atom stereocenters. The number of pyridine rings is 1. The van der Waals surface area contributed by atoms with Gasteiger partial charge in [-0.15, -0.1) is 0 Å². The molecule has 2 aromatic heterocycles. The Balaban J connectivity index is 1.82. The van der Waals surface area contributed by atoms with Crippen LogP contribution in [-0.4, -0.2) is 29.2 Å². The molecule has 8 heteroatoms. The minimum atomic E-state index is -3.78. The summed E-state index contributed by atoms with van der Waals surface area (Å²) in [6.07, 6.45) is 3.71. The Labute approximate surface area is 164 Å². The molecular formula is C20H24N4O3S. The van der Waals surface area contributed by atoms with Gasteiger partial charge in [0.25, 0.3) is 0 Å². The van der Waals surface area contributed by atoms with Gasteiger partial charge in [0.1, 0.15) is 10.5 Å². The quantitative estimate of drug-likeness (QED) is 0.689. The van der Waals surface area contributed by atoms with Gasteiger partial charge in [0.15, 0.2) is 0 Å². The van der Waals surface area contributed by atoms with Gasteiger partial charge in [-0.25, -0.2) is 18.1 Å². The number of aromatic nitrogens is 2. The van der Waals surface area contributed by atoms with Gasteiger partial charge >= 0.3 is 0 Å². The van der Waals surface area contributed by atoms with Crippen molar-refractivity contribution in [1.82, 2.24) is 14.1 Å². The van der Waals surface area contributed by atoms with Crippen LogP contribution in [0.25, 0.3) is 5.65 Å². The van der Waals surface area contributed by atoms with Crippen molar-refractivity contribution in [2.75, 3.05) is 5.32 Å². The van der Waals surface area contributed by atoms with Gasteiger partial charge < -0.3 is 9.72 Å². The first kappa shape index (κ1) is 20.0. The Hall–Kier alpha value is -2.71. The van der Waals surface area contributed by atoms with E-state index in [0.29, 0.717) is 5.69 Å². The summed E-state index contributed by atoms with van der Waals surface area (Å²) in [4.78, 5) is 17.0. The number of hydrogen-bond donors (Lipinski definition) is 2.